The Morgan fingerprint density at radius 1 is 0.846 bits per heavy atom. The first-order chi connectivity index (χ1) is 12.6. The van der Waals surface area contributed by atoms with Gasteiger partial charge in [-0.2, -0.15) is 0 Å². The summed E-state index contributed by atoms with van der Waals surface area (Å²) < 4.78 is 2.37. The van der Waals surface area contributed by atoms with Crippen LogP contribution in [-0.4, -0.2) is 9.55 Å². The minimum Gasteiger partial charge on any atom is -0.313 e. The van der Waals surface area contributed by atoms with Crippen LogP contribution in [0.3, 0.4) is 0 Å². The molecule has 0 aliphatic carbocycles. The molecule has 0 atom stereocenters. The Bertz CT molecular complexity index is 1040. The van der Waals surface area contributed by atoms with Gasteiger partial charge >= 0.3 is 0 Å². The van der Waals surface area contributed by atoms with E-state index in [0.29, 0.717) is 0 Å². The molecule has 2 aromatic carbocycles. The summed E-state index contributed by atoms with van der Waals surface area (Å²) in [7, 11) is 0. The van der Waals surface area contributed by atoms with E-state index >= 15 is 0 Å². The van der Waals surface area contributed by atoms with Crippen LogP contribution in [0.15, 0.2) is 78.9 Å². The first-order valence-electron chi connectivity index (χ1n) is 9.24. The van der Waals surface area contributed by atoms with Gasteiger partial charge in [0.05, 0.1) is 11.2 Å². The van der Waals surface area contributed by atoms with Crippen molar-refractivity contribution in [2.75, 3.05) is 0 Å². The molecule has 26 heavy (non-hydrogen) atoms. The van der Waals surface area contributed by atoms with Gasteiger partial charge < -0.3 is 4.57 Å². The SMILES string of the molecule is CCc1cccc(C(C)(C)c2cc3ccccc3n2-c2ccccc2)n1. The molecule has 0 amide bonds. The smallest absolute Gasteiger partial charge is 0.0531 e. The van der Waals surface area contributed by atoms with Crippen molar-refractivity contribution in [3.63, 3.8) is 0 Å². The number of para-hydroxylation sites is 2. The molecule has 2 heteroatoms. The van der Waals surface area contributed by atoms with E-state index in [0.717, 1.165) is 17.8 Å². The van der Waals surface area contributed by atoms with Gasteiger partial charge in [-0.05, 0) is 56.7 Å². The van der Waals surface area contributed by atoms with E-state index < -0.39 is 0 Å². The van der Waals surface area contributed by atoms with Crippen LogP contribution in [0.4, 0.5) is 0 Å². The number of aryl methyl sites for hydroxylation is 1. The van der Waals surface area contributed by atoms with Crippen LogP contribution in [0.5, 0.6) is 0 Å². The second-order valence-electron chi connectivity index (χ2n) is 7.25. The number of hydrogen-bond acceptors (Lipinski definition) is 1. The summed E-state index contributed by atoms with van der Waals surface area (Å²) in [6.45, 7) is 6.69. The summed E-state index contributed by atoms with van der Waals surface area (Å²) in [4.78, 5) is 4.93. The number of rotatable bonds is 4. The Kier molecular flexibility index (Phi) is 4.12. The maximum absolute atomic E-state index is 4.93. The average molecular weight is 340 g/mol. The van der Waals surface area contributed by atoms with Gasteiger partial charge in [-0.3, -0.25) is 4.98 Å². The van der Waals surface area contributed by atoms with Gasteiger partial charge in [-0.25, -0.2) is 0 Å². The van der Waals surface area contributed by atoms with Crippen molar-refractivity contribution in [1.29, 1.82) is 0 Å². The topological polar surface area (TPSA) is 17.8 Å². The largest absolute Gasteiger partial charge is 0.313 e. The Hall–Kier alpha value is -2.87. The van der Waals surface area contributed by atoms with E-state index in [1.165, 1.54) is 22.3 Å². The summed E-state index contributed by atoms with van der Waals surface area (Å²) in [5.41, 5.74) is 5.71. The van der Waals surface area contributed by atoms with Crippen molar-refractivity contribution in [1.82, 2.24) is 9.55 Å². The van der Waals surface area contributed by atoms with E-state index in [-0.39, 0.29) is 5.41 Å². The lowest BCUT2D eigenvalue weighted by Gasteiger charge is -2.27. The summed E-state index contributed by atoms with van der Waals surface area (Å²) >= 11 is 0. The molecule has 0 unspecified atom stereocenters. The zero-order chi connectivity index (χ0) is 18.1. The molecule has 4 aromatic rings. The van der Waals surface area contributed by atoms with Gasteiger partial charge in [-0.15, -0.1) is 0 Å². The van der Waals surface area contributed by atoms with Crippen molar-refractivity contribution in [2.45, 2.75) is 32.6 Å². The van der Waals surface area contributed by atoms with Crippen molar-refractivity contribution in [3.05, 3.63) is 95.9 Å². The standard InChI is InChI=1S/C24H24N2/c1-4-19-12-10-16-22(25-19)24(2,3)23-17-18-11-8-9-15-21(18)26(23)20-13-6-5-7-14-20/h5-17H,4H2,1-3H3. The molecule has 0 saturated carbocycles. The van der Waals surface area contributed by atoms with Crippen molar-refractivity contribution < 1.29 is 0 Å². The first-order valence-corrected chi connectivity index (χ1v) is 9.24. The van der Waals surface area contributed by atoms with Gasteiger partial charge in [0.2, 0.25) is 0 Å². The molecule has 4 rings (SSSR count). The van der Waals surface area contributed by atoms with Crippen molar-refractivity contribution in [2.24, 2.45) is 0 Å². The molecule has 0 N–H and O–H groups in total. The molecule has 0 aliphatic heterocycles. The van der Waals surface area contributed by atoms with E-state index in [2.05, 4.69) is 104 Å². The first kappa shape index (κ1) is 16.6. The maximum atomic E-state index is 4.93. The van der Waals surface area contributed by atoms with Gasteiger partial charge in [0, 0.05) is 27.9 Å². The molecule has 2 aromatic heterocycles. The van der Waals surface area contributed by atoms with Crippen LogP contribution in [0.1, 0.15) is 37.9 Å². The number of aromatic nitrogens is 2. The lowest BCUT2D eigenvalue weighted by molar-refractivity contribution is 0.582. The van der Waals surface area contributed by atoms with Crippen LogP contribution < -0.4 is 0 Å². The van der Waals surface area contributed by atoms with Crippen molar-refractivity contribution >= 4 is 10.9 Å². The lowest BCUT2D eigenvalue weighted by Crippen LogP contribution is -2.24. The summed E-state index contributed by atoms with van der Waals surface area (Å²) in [6, 6.07) is 27.9. The fourth-order valence-electron chi connectivity index (χ4n) is 3.63. The molecule has 0 aliphatic rings. The number of hydrogen-bond donors (Lipinski definition) is 0. The molecule has 0 radical (unpaired) electrons. The third-order valence-electron chi connectivity index (χ3n) is 5.17. The van der Waals surface area contributed by atoms with Gasteiger partial charge in [0.15, 0.2) is 0 Å². The Labute approximate surface area is 155 Å². The highest BCUT2D eigenvalue weighted by Gasteiger charge is 2.30. The van der Waals surface area contributed by atoms with Gasteiger partial charge in [0.1, 0.15) is 0 Å². The number of benzene rings is 2. The van der Waals surface area contributed by atoms with Crippen molar-refractivity contribution in [3.8, 4) is 5.69 Å². The molecular formula is C24H24N2. The predicted octanol–water partition coefficient (Wildman–Crippen LogP) is 5.91. The molecule has 2 nitrogen and oxygen atoms in total. The highest BCUT2D eigenvalue weighted by molar-refractivity contribution is 5.84. The summed E-state index contributed by atoms with van der Waals surface area (Å²) in [5.74, 6) is 0. The molecule has 0 bridgehead atoms. The van der Waals surface area contributed by atoms with E-state index in [4.69, 9.17) is 4.98 Å². The normalized spacial score (nSPS) is 11.8. The number of pyridine rings is 1. The van der Waals surface area contributed by atoms with Crippen LogP contribution >= 0.6 is 0 Å². The minimum atomic E-state index is -0.208. The van der Waals surface area contributed by atoms with Gasteiger partial charge in [0.25, 0.3) is 0 Å². The third kappa shape index (κ3) is 2.72. The molecule has 0 spiro atoms. The Morgan fingerprint density at radius 2 is 1.58 bits per heavy atom. The van der Waals surface area contributed by atoms with Crippen LogP contribution in [0, 0.1) is 0 Å². The third-order valence-corrected chi connectivity index (χ3v) is 5.17. The quantitative estimate of drug-likeness (QED) is 0.451. The van der Waals surface area contributed by atoms with E-state index in [1.54, 1.807) is 0 Å². The van der Waals surface area contributed by atoms with Crippen LogP contribution in [0.25, 0.3) is 16.6 Å². The number of nitrogens with zero attached hydrogens (tertiary/aromatic N) is 2. The molecular weight excluding hydrogens is 316 g/mol. The Morgan fingerprint density at radius 3 is 2.35 bits per heavy atom. The van der Waals surface area contributed by atoms with E-state index in [9.17, 15) is 0 Å². The maximum Gasteiger partial charge on any atom is 0.0531 e. The number of fused-ring (bicyclic) bond motifs is 1. The zero-order valence-electron chi connectivity index (χ0n) is 15.6. The molecule has 0 saturated heterocycles. The predicted molar refractivity (Wildman–Crippen MR) is 109 cm³/mol. The summed E-state index contributed by atoms with van der Waals surface area (Å²) in [6.07, 6.45) is 0.950. The monoisotopic (exact) mass is 340 g/mol. The van der Waals surface area contributed by atoms with E-state index in [1.807, 2.05) is 0 Å². The minimum absolute atomic E-state index is 0.208. The lowest BCUT2D eigenvalue weighted by atomic mass is 9.84. The highest BCUT2D eigenvalue weighted by Crippen LogP contribution is 2.36. The zero-order valence-corrected chi connectivity index (χ0v) is 15.6. The average Bonchev–Trinajstić information content (AvgIpc) is 3.09. The molecule has 0 fully saturated rings. The summed E-state index contributed by atoms with van der Waals surface area (Å²) in [5, 5.41) is 1.26. The molecule has 130 valence electrons. The fraction of sp³-hybridized carbons (Fsp3) is 0.208. The van der Waals surface area contributed by atoms with Crippen LogP contribution in [0.2, 0.25) is 0 Å². The second-order valence-corrected chi connectivity index (χ2v) is 7.25. The van der Waals surface area contributed by atoms with Gasteiger partial charge in [-0.1, -0.05) is 49.4 Å². The Balaban J connectivity index is 1.98. The van der Waals surface area contributed by atoms with Crippen LogP contribution in [-0.2, 0) is 11.8 Å². The second kappa shape index (κ2) is 6.45. The highest BCUT2D eigenvalue weighted by atomic mass is 15.0. The molecule has 2 heterocycles. The fourth-order valence-corrected chi connectivity index (χ4v) is 3.63.